The van der Waals surface area contributed by atoms with Crippen LogP contribution in [0.4, 0.5) is 10.1 Å². The molecule has 0 amide bonds. The maximum atomic E-state index is 13.3. The Morgan fingerprint density at radius 3 is 2.31 bits per heavy atom. The van der Waals surface area contributed by atoms with Crippen LogP contribution < -0.4 is 14.8 Å². The minimum Gasteiger partial charge on any atom is -0.490 e. The molecule has 152 valence electrons. The molecule has 0 saturated heterocycles. The molecule has 0 aliphatic carbocycles. The van der Waals surface area contributed by atoms with Crippen LogP contribution in [0.15, 0.2) is 54.6 Å². The van der Waals surface area contributed by atoms with Crippen molar-refractivity contribution in [1.29, 1.82) is 0 Å². The summed E-state index contributed by atoms with van der Waals surface area (Å²) in [5, 5.41) is 4.36. The van der Waals surface area contributed by atoms with Gasteiger partial charge in [-0.15, -0.1) is 0 Å². The molecule has 3 aromatic carbocycles. The predicted octanol–water partition coefficient (Wildman–Crippen LogP) is 7.38. The van der Waals surface area contributed by atoms with Gasteiger partial charge < -0.3 is 14.8 Å². The minimum absolute atomic E-state index is 0.0639. The van der Waals surface area contributed by atoms with Gasteiger partial charge in [-0.2, -0.15) is 0 Å². The Morgan fingerprint density at radius 1 is 0.862 bits per heavy atom. The van der Waals surface area contributed by atoms with Crippen LogP contribution in [0, 0.1) is 5.82 Å². The van der Waals surface area contributed by atoms with Gasteiger partial charge in [0.2, 0.25) is 0 Å². The highest BCUT2D eigenvalue weighted by molar-refractivity contribution is 6.32. The van der Waals surface area contributed by atoms with E-state index in [1.807, 2.05) is 37.3 Å². The molecule has 0 unspecified atom stereocenters. The second-order valence-electron chi connectivity index (χ2n) is 6.24. The lowest BCUT2D eigenvalue weighted by molar-refractivity contribution is 0.269. The van der Waals surface area contributed by atoms with E-state index in [0.717, 1.165) is 11.1 Å². The Hall–Kier alpha value is -2.14. The average Bonchev–Trinajstić information content (AvgIpc) is 2.70. The smallest absolute Gasteiger partial charge is 0.180 e. The quantitative estimate of drug-likeness (QED) is 0.385. The van der Waals surface area contributed by atoms with E-state index < -0.39 is 5.82 Å². The number of hydrogen-bond donors (Lipinski definition) is 1. The lowest BCUT2D eigenvalue weighted by atomic mass is 10.2. The molecule has 29 heavy (non-hydrogen) atoms. The molecule has 3 rings (SSSR count). The zero-order chi connectivity index (χ0) is 20.8. The number of rotatable bonds is 8. The summed E-state index contributed by atoms with van der Waals surface area (Å²) in [5.74, 6) is 0.584. The lowest BCUT2D eigenvalue weighted by Crippen LogP contribution is -2.04. The summed E-state index contributed by atoms with van der Waals surface area (Å²) in [6.45, 7) is 3.16. The van der Waals surface area contributed by atoms with Crippen LogP contribution in [0.2, 0.25) is 15.1 Å². The molecule has 3 aromatic rings. The number of ether oxygens (including phenoxy) is 2. The summed E-state index contributed by atoms with van der Waals surface area (Å²) in [6, 6.07) is 15.5. The molecular formula is C22H19Cl3FNO2. The molecule has 1 N–H and O–H groups in total. The van der Waals surface area contributed by atoms with E-state index in [0.29, 0.717) is 47.0 Å². The third-order valence-electron chi connectivity index (χ3n) is 4.08. The normalized spacial score (nSPS) is 10.7. The van der Waals surface area contributed by atoms with Gasteiger partial charge in [-0.25, -0.2) is 4.39 Å². The summed E-state index contributed by atoms with van der Waals surface area (Å²) >= 11 is 18.2. The third kappa shape index (κ3) is 5.92. The van der Waals surface area contributed by atoms with Crippen LogP contribution in [0.1, 0.15) is 18.1 Å². The average molecular weight is 455 g/mol. The summed E-state index contributed by atoms with van der Waals surface area (Å²) in [4.78, 5) is 0. The van der Waals surface area contributed by atoms with Gasteiger partial charge in [0.15, 0.2) is 11.5 Å². The molecular weight excluding hydrogens is 436 g/mol. The van der Waals surface area contributed by atoms with Crippen LogP contribution in [-0.2, 0) is 13.2 Å². The number of benzene rings is 3. The van der Waals surface area contributed by atoms with E-state index in [2.05, 4.69) is 5.32 Å². The fraction of sp³-hybridized carbons (Fsp3) is 0.182. The fourth-order valence-corrected chi connectivity index (χ4v) is 3.27. The summed E-state index contributed by atoms with van der Waals surface area (Å²) in [7, 11) is 0. The Morgan fingerprint density at radius 2 is 1.62 bits per heavy atom. The van der Waals surface area contributed by atoms with Gasteiger partial charge in [0.05, 0.1) is 16.7 Å². The summed E-state index contributed by atoms with van der Waals surface area (Å²) in [5.41, 5.74) is 2.55. The first-order valence-corrected chi connectivity index (χ1v) is 10.1. The first-order valence-electron chi connectivity index (χ1n) is 8.97. The molecule has 0 saturated carbocycles. The predicted molar refractivity (Wildman–Crippen MR) is 117 cm³/mol. The Labute approximate surface area is 184 Å². The van der Waals surface area contributed by atoms with E-state index >= 15 is 0 Å². The fourth-order valence-electron chi connectivity index (χ4n) is 2.67. The second kappa shape index (κ2) is 10.1. The zero-order valence-corrected chi connectivity index (χ0v) is 17.9. The van der Waals surface area contributed by atoms with Crippen molar-refractivity contribution in [3.63, 3.8) is 0 Å². The van der Waals surface area contributed by atoms with E-state index in [1.165, 1.54) is 12.1 Å². The largest absolute Gasteiger partial charge is 0.490 e. The summed E-state index contributed by atoms with van der Waals surface area (Å²) < 4.78 is 24.9. The first-order chi connectivity index (χ1) is 14.0. The van der Waals surface area contributed by atoms with Crippen LogP contribution in [-0.4, -0.2) is 6.61 Å². The molecule has 0 aliphatic heterocycles. The molecule has 0 atom stereocenters. The van der Waals surface area contributed by atoms with E-state index in [1.54, 1.807) is 12.1 Å². The molecule has 0 aliphatic rings. The topological polar surface area (TPSA) is 30.5 Å². The molecule has 0 aromatic heterocycles. The zero-order valence-electron chi connectivity index (χ0n) is 15.6. The third-order valence-corrected chi connectivity index (χ3v) is 4.90. The first kappa shape index (κ1) is 21.6. The van der Waals surface area contributed by atoms with Crippen molar-refractivity contribution in [3.05, 3.63) is 86.6 Å². The van der Waals surface area contributed by atoms with Crippen molar-refractivity contribution >= 4 is 40.5 Å². The van der Waals surface area contributed by atoms with Crippen LogP contribution in [0.25, 0.3) is 0 Å². The van der Waals surface area contributed by atoms with Crippen LogP contribution in [0.3, 0.4) is 0 Å². The SMILES string of the molecule is CCOc1cc(CNc2ccc(F)c(Cl)c2)cc(Cl)c1OCc1ccc(Cl)cc1. The van der Waals surface area contributed by atoms with Crippen molar-refractivity contribution in [2.75, 3.05) is 11.9 Å². The maximum Gasteiger partial charge on any atom is 0.180 e. The standard InChI is InChI=1S/C22H19Cl3FNO2/c1-2-28-21-10-15(12-27-17-7-8-20(26)18(24)11-17)9-19(25)22(21)29-13-14-3-5-16(23)6-4-14/h3-11,27H,2,12-13H2,1H3. The highest BCUT2D eigenvalue weighted by Crippen LogP contribution is 2.37. The molecule has 7 heteroatoms. The Kier molecular flexibility index (Phi) is 7.48. The number of hydrogen-bond acceptors (Lipinski definition) is 3. The van der Waals surface area contributed by atoms with Crippen molar-refractivity contribution in [1.82, 2.24) is 0 Å². The second-order valence-corrected chi connectivity index (χ2v) is 7.49. The Bertz CT molecular complexity index is 981. The molecule has 3 nitrogen and oxygen atoms in total. The van der Waals surface area contributed by atoms with Gasteiger partial charge in [0.25, 0.3) is 0 Å². The molecule has 0 bridgehead atoms. The van der Waals surface area contributed by atoms with E-state index in [9.17, 15) is 4.39 Å². The van der Waals surface area contributed by atoms with Crippen LogP contribution >= 0.6 is 34.8 Å². The maximum absolute atomic E-state index is 13.3. The molecule has 0 radical (unpaired) electrons. The molecule has 0 spiro atoms. The van der Waals surface area contributed by atoms with Crippen molar-refractivity contribution < 1.29 is 13.9 Å². The van der Waals surface area contributed by atoms with Crippen molar-refractivity contribution in [3.8, 4) is 11.5 Å². The van der Waals surface area contributed by atoms with Crippen LogP contribution in [0.5, 0.6) is 11.5 Å². The van der Waals surface area contributed by atoms with Gasteiger partial charge >= 0.3 is 0 Å². The van der Waals surface area contributed by atoms with Gasteiger partial charge in [-0.1, -0.05) is 46.9 Å². The van der Waals surface area contributed by atoms with E-state index in [-0.39, 0.29) is 5.02 Å². The van der Waals surface area contributed by atoms with Gasteiger partial charge in [0, 0.05) is 17.3 Å². The number of anilines is 1. The van der Waals surface area contributed by atoms with Crippen molar-refractivity contribution in [2.24, 2.45) is 0 Å². The lowest BCUT2D eigenvalue weighted by Gasteiger charge is -2.16. The van der Waals surface area contributed by atoms with Crippen molar-refractivity contribution in [2.45, 2.75) is 20.1 Å². The highest BCUT2D eigenvalue weighted by atomic mass is 35.5. The van der Waals surface area contributed by atoms with Gasteiger partial charge in [0.1, 0.15) is 12.4 Å². The minimum atomic E-state index is -0.457. The molecule has 0 heterocycles. The highest BCUT2D eigenvalue weighted by Gasteiger charge is 2.13. The van der Waals surface area contributed by atoms with Gasteiger partial charge in [-0.3, -0.25) is 0 Å². The summed E-state index contributed by atoms with van der Waals surface area (Å²) in [6.07, 6.45) is 0. The number of nitrogens with one attached hydrogen (secondary N) is 1. The monoisotopic (exact) mass is 453 g/mol. The number of halogens is 4. The van der Waals surface area contributed by atoms with Gasteiger partial charge in [-0.05, 0) is 60.5 Å². The molecule has 0 fully saturated rings. The Balaban J connectivity index is 1.74. The van der Waals surface area contributed by atoms with E-state index in [4.69, 9.17) is 44.3 Å².